The van der Waals surface area contributed by atoms with E-state index in [0.29, 0.717) is 30.0 Å². The molecule has 0 bridgehead atoms. The van der Waals surface area contributed by atoms with Crippen molar-refractivity contribution in [1.29, 1.82) is 0 Å². The van der Waals surface area contributed by atoms with Gasteiger partial charge >= 0.3 is 22.2 Å². The summed E-state index contributed by atoms with van der Waals surface area (Å²) in [6.07, 6.45) is 8.43. The molecule has 1 saturated carbocycles. The molecule has 46 heavy (non-hydrogen) atoms. The fraction of sp³-hybridized carbons (Fsp3) is 0.688. The van der Waals surface area contributed by atoms with Crippen LogP contribution in [-0.2, 0) is 40.6 Å². The quantitative estimate of drug-likeness (QED) is 0.0937. The van der Waals surface area contributed by atoms with Crippen molar-refractivity contribution in [2.45, 2.75) is 121 Å². The molecule has 2 aliphatic rings. The van der Waals surface area contributed by atoms with Crippen LogP contribution in [0.25, 0.3) is 0 Å². The van der Waals surface area contributed by atoms with Crippen LogP contribution in [-0.4, -0.2) is 60.9 Å². The third-order valence-corrected chi connectivity index (χ3v) is 9.79. The van der Waals surface area contributed by atoms with Crippen molar-refractivity contribution in [1.82, 2.24) is 16.0 Å². The Hall–Kier alpha value is -2.90. The molecule has 12 nitrogen and oxygen atoms in total. The molecule has 4 atom stereocenters. The number of unbranched alkanes of at least 4 members (excludes halogenated alkanes) is 4. The molecule has 1 saturated heterocycles. The summed E-state index contributed by atoms with van der Waals surface area (Å²) in [6, 6.07) is 4.20. The van der Waals surface area contributed by atoms with Crippen molar-refractivity contribution >= 4 is 45.6 Å². The first-order chi connectivity index (χ1) is 22.0. The van der Waals surface area contributed by atoms with E-state index >= 15 is 0 Å². The number of rotatable bonds is 18. The molecule has 14 heteroatoms. The number of esters is 1. The summed E-state index contributed by atoms with van der Waals surface area (Å²) in [5.41, 5.74) is -1.49. The summed E-state index contributed by atoms with van der Waals surface area (Å²) in [4.78, 5) is 51.8. The number of hydrogen-bond donors (Lipinski definition) is 4. The molecule has 2 fully saturated rings. The van der Waals surface area contributed by atoms with Crippen molar-refractivity contribution in [2.75, 3.05) is 6.54 Å². The monoisotopic (exact) mass is 685 g/mol. The number of alkyl carbamates (subject to hydrolysis) is 1. The summed E-state index contributed by atoms with van der Waals surface area (Å²) in [5.74, 6) is -2.47. The summed E-state index contributed by atoms with van der Waals surface area (Å²) >= 11 is 6.02. The van der Waals surface area contributed by atoms with Gasteiger partial charge in [0.2, 0.25) is 17.3 Å². The van der Waals surface area contributed by atoms with Crippen LogP contribution in [0.1, 0.15) is 102 Å². The molecule has 1 aromatic carbocycles. The van der Waals surface area contributed by atoms with Crippen molar-refractivity contribution in [3.8, 4) is 0 Å². The van der Waals surface area contributed by atoms with Crippen LogP contribution in [0.2, 0.25) is 5.02 Å². The van der Waals surface area contributed by atoms with E-state index in [1.54, 1.807) is 24.3 Å². The Kier molecular flexibility index (Phi) is 15.6. The van der Waals surface area contributed by atoms with Gasteiger partial charge in [0.05, 0.1) is 6.04 Å². The van der Waals surface area contributed by atoms with Crippen LogP contribution in [0.4, 0.5) is 4.79 Å². The zero-order chi connectivity index (χ0) is 33.5. The molecule has 258 valence electrons. The average Bonchev–Trinajstić information content (AvgIpc) is 3.41. The number of ether oxygens (including phenoxy) is 2. The molecule has 4 N–H and O–H groups in total. The summed E-state index contributed by atoms with van der Waals surface area (Å²) < 4.78 is 46.0. The third-order valence-electron chi connectivity index (χ3n) is 8.54. The van der Waals surface area contributed by atoms with E-state index in [4.69, 9.17) is 21.1 Å². The Balaban J connectivity index is 1.78. The maximum absolute atomic E-state index is 13.8. The van der Waals surface area contributed by atoms with Gasteiger partial charge < -0.3 is 25.4 Å². The van der Waals surface area contributed by atoms with E-state index in [1.165, 1.54) is 0 Å². The minimum atomic E-state index is -5.03. The minimum absolute atomic E-state index is 0.0648. The van der Waals surface area contributed by atoms with E-state index in [9.17, 15) is 32.1 Å². The lowest BCUT2D eigenvalue weighted by molar-refractivity contribution is -0.148. The van der Waals surface area contributed by atoms with Crippen molar-refractivity contribution in [3.05, 3.63) is 34.9 Å². The number of halogens is 1. The average molecular weight is 686 g/mol. The van der Waals surface area contributed by atoms with Gasteiger partial charge in [0.1, 0.15) is 12.6 Å². The molecule has 1 heterocycles. The molecule has 0 aromatic heterocycles. The largest absolute Gasteiger partial charge is 0.445 e. The van der Waals surface area contributed by atoms with Gasteiger partial charge in [0, 0.05) is 23.9 Å². The number of nitrogens with one attached hydrogen (secondary N) is 3. The van der Waals surface area contributed by atoms with Crippen LogP contribution in [0.15, 0.2) is 24.3 Å². The van der Waals surface area contributed by atoms with E-state index < -0.39 is 51.5 Å². The topological polar surface area (TPSA) is 177 Å². The number of benzene rings is 1. The van der Waals surface area contributed by atoms with Gasteiger partial charge in [0.15, 0.2) is 0 Å². The Labute approximate surface area is 276 Å². The highest BCUT2D eigenvalue weighted by Gasteiger charge is 2.41. The third kappa shape index (κ3) is 13.1. The second-order valence-electron chi connectivity index (χ2n) is 12.3. The van der Waals surface area contributed by atoms with Gasteiger partial charge in [-0.05, 0) is 49.3 Å². The molecule has 1 aromatic rings. The fourth-order valence-corrected chi connectivity index (χ4v) is 7.09. The fourth-order valence-electron chi connectivity index (χ4n) is 6.06. The molecule has 1 aliphatic carbocycles. The summed E-state index contributed by atoms with van der Waals surface area (Å²) in [5, 5.41) is 8.38. The van der Waals surface area contributed by atoms with Gasteiger partial charge in [-0.3, -0.25) is 18.9 Å². The van der Waals surface area contributed by atoms with Crippen LogP contribution in [0.3, 0.4) is 0 Å². The Bertz CT molecular complexity index is 1270. The second-order valence-corrected chi connectivity index (χ2v) is 14.2. The van der Waals surface area contributed by atoms with Gasteiger partial charge in [-0.25, -0.2) is 4.79 Å². The van der Waals surface area contributed by atoms with Gasteiger partial charge in [0.25, 0.3) is 0 Å². The molecule has 0 radical (unpaired) electrons. The van der Waals surface area contributed by atoms with E-state index in [1.807, 2.05) is 0 Å². The van der Waals surface area contributed by atoms with E-state index in [2.05, 4.69) is 22.9 Å². The molecular weight excluding hydrogens is 638 g/mol. The Morgan fingerprint density at radius 1 is 1.04 bits per heavy atom. The molecular formula is C32H48ClN3O9S. The highest BCUT2D eigenvalue weighted by molar-refractivity contribution is 7.86. The van der Waals surface area contributed by atoms with Gasteiger partial charge in [-0.15, -0.1) is 0 Å². The summed E-state index contributed by atoms with van der Waals surface area (Å²) in [7, 11) is -5.03. The number of carbonyl (C=O) groups excluding carboxylic acids is 4. The highest BCUT2D eigenvalue weighted by atomic mass is 35.5. The Morgan fingerprint density at radius 3 is 2.43 bits per heavy atom. The van der Waals surface area contributed by atoms with E-state index in [-0.39, 0.29) is 37.7 Å². The first-order valence-corrected chi connectivity index (χ1v) is 18.3. The normalized spacial score (nSPS) is 19.0. The summed E-state index contributed by atoms with van der Waals surface area (Å²) in [6.45, 7) is 2.33. The van der Waals surface area contributed by atoms with Crippen LogP contribution in [0, 0.1) is 11.8 Å². The molecule has 3 unspecified atom stereocenters. The minimum Gasteiger partial charge on any atom is -0.445 e. The SMILES string of the molecule is CCCCCCCC(=O)OC(C(C[C@@H]1CCNC1=O)NC(=O)C(CC1CCCCC1)NC(=O)OCc1cccc(Cl)c1)S(=O)(=O)O. The Morgan fingerprint density at radius 2 is 1.78 bits per heavy atom. The lowest BCUT2D eigenvalue weighted by Gasteiger charge is -2.30. The lowest BCUT2D eigenvalue weighted by atomic mass is 9.84. The predicted octanol–water partition coefficient (Wildman–Crippen LogP) is 5.03. The zero-order valence-corrected chi connectivity index (χ0v) is 28.1. The number of carbonyl (C=O) groups is 4. The number of amides is 3. The lowest BCUT2D eigenvalue weighted by Crippen LogP contribution is -2.56. The maximum atomic E-state index is 13.8. The highest BCUT2D eigenvalue weighted by Crippen LogP contribution is 2.28. The smallest absolute Gasteiger partial charge is 0.408 e. The van der Waals surface area contributed by atoms with Crippen molar-refractivity contribution < 1.29 is 41.6 Å². The predicted molar refractivity (Wildman–Crippen MR) is 172 cm³/mol. The van der Waals surface area contributed by atoms with E-state index in [0.717, 1.165) is 57.8 Å². The standard InChI is InChI=1S/C32H48ClN3O9S/c1-2-3-4-5-9-15-28(37)45-31(46(41,42)43)27(20-24-16-17-34-29(24)38)35-30(39)26(19-22-11-7-6-8-12-22)36-32(40)44-21-23-13-10-14-25(33)18-23/h10,13-14,18,22,24,26-27,31H,2-9,11-12,15-17,19-21H2,1H3,(H,34,38)(H,35,39)(H,36,40)(H,41,42,43)/t24-,26?,27?,31?/m0/s1. The van der Waals surface area contributed by atoms with Crippen LogP contribution < -0.4 is 16.0 Å². The van der Waals surface area contributed by atoms with Gasteiger partial charge in [-0.1, -0.05) is 88.4 Å². The van der Waals surface area contributed by atoms with Crippen LogP contribution in [0.5, 0.6) is 0 Å². The molecule has 0 spiro atoms. The first kappa shape index (κ1) is 37.6. The van der Waals surface area contributed by atoms with Gasteiger partial charge in [-0.2, -0.15) is 8.42 Å². The molecule has 3 rings (SSSR count). The molecule has 3 amide bonds. The zero-order valence-electron chi connectivity index (χ0n) is 26.5. The maximum Gasteiger partial charge on any atom is 0.408 e. The van der Waals surface area contributed by atoms with Crippen LogP contribution >= 0.6 is 11.6 Å². The van der Waals surface area contributed by atoms with Crippen molar-refractivity contribution in [2.24, 2.45) is 11.8 Å². The van der Waals surface area contributed by atoms with Crippen molar-refractivity contribution in [3.63, 3.8) is 0 Å². The second kappa shape index (κ2) is 19.0. The number of hydrogen-bond acceptors (Lipinski definition) is 8. The molecule has 1 aliphatic heterocycles. The first-order valence-electron chi connectivity index (χ1n) is 16.4.